The van der Waals surface area contributed by atoms with Gasteiger partial charge >= 0.3 is 0 Å². The number of piperidine rings is 1. The van der Waals surface area contributed by atoms with Crippen molar-refractivity contribution in [2.45, 2.75) is 32.2 Å². The maximum atomic E-state index is 12.0. The summed E-state index contributed by atoms with van der Waals surface area (Å²) in [6, 6.07) is 5.83. The second kappa shape index (κ2) is 5.65. The smallest absolute Gasteiger partial charge is 0.241 e. The summed E-state index contributed by atoms with van der Waals surface area (Å²) in [7, 11) is 0. The van der Waals surface area contributed by atoms with Crippen LogP contribution in [0.3, 0.4) is 0 Å². The second-order valence-corrected chi connectivity index (χ2v) is 5.31. The van der Waals surface area contributed by atoms with Crippen LogP contribution in [0.2, 0.25) is 0 Å². The molecular weight excluding hydrogens is 280 g/mol. The van der Waals surface area contributed by atoms with E-state index in [9.17, 15) is 4.79 Å². The zero-order chi connectivity index (χ0) is 12.3. The molecule has 0 spiro atoms. The standard InChI is InChI=1S/C13H17BrN2O/c1-9-5-6-10(8-11(9)14)16-13(17)12-4-2-3-7-15-12/h5-6,8,12,15H,2-4,7H2,1H3,(H,16,17)/t12-/m0/s1. The monoisotopic (exact) mass is 296 g/mol. The Morgan fingerprint density at radius 1 is 1.47 bits per heavy atom. The van der Waals surface area contributed by atoms with E-state index in [0.29, 0.717) is 0 Å². The highest BCUT2D eigenvalue weighted by atomic mass is 79.9. The highest BCUT2D eigenvalue weighted by molar-refractivity contribution is 9.10. The minimum atomic E-state index is -0.0381. The van der Waals surface area contributed by atoms with Crippen LogP contribution in [-0.4, -0.2) is 18.5 Å². The zero-order valence-electron chi connectivity index (χ0n) is 9.92. The fraction of sp³-hybridized carbons (Fsp3) is 0.462. The van der Waals surface area contributed by atoms with Gasteiger partial charge in [0.25, 0.3) is 0 Å². The van der Waals surface area contributed by atoms with E-state index in [0.717, 1.165) is 29.5 Å². The van der Waals surface area contributed by atoms with E-state index in [1.165, 1.54) is 12.0 Å². The van der Waals surface area contributed by atoms with Gasteiger partial charge in [-0.2, -0.15) is 0 Å². The molecule has 0 bridgehead atoms. The van der Waals surface area contributed by atoms with Crippen LogP contribution < -0.4 is 10.6 Å². The number of hydrogen-bond donors (Lipinski definition) is 2. The van der Waals surface area contributed by atoms with Crippen LogP contribution in [-0.2, 0) is 4.79 Å². The molecule has 2 rings (SSSR count). The summed E-state index contributed by atoms with van der Waals surface area (Å²) < 4.78 is 1.02. The van der Waals surface area contributed by atoms with Crippen molar-refractivity contribution in [3.63, 3.8) is 0 Å². The molecule has 1 aromatic carbocycles. The number of nitrogens with one attached hydrogen (secondary N) is 2. The number of benzene rings is 1. The minimum absolute atomic E-state index is 0.0381. The summed E-state index contributed by atoms with van der Waals surface area (Å²) in [5, 5.41) is 6.19. The first kappa shape index (κ1) is 12.6. The van der Waals surface area contributed by atoms with Gasteiger partial charge in [0, 0.05) is 10.2 Å². The molecule has 1 fully saturated rings. The third kappa shape index (κ3) is 3.30. The van der Waals surface area contributed by atoms with Crippen molar-refractivity contribution >= 4 is 27.5 Å². The number of hydrogen-bond acceptors (Lipinski definition) is 2. The molecule has 2 N–H and O–H groups in total. The normalized spacial score (nSPS) is 20.0. The molecule has 1 atom stereocenters. The number of anilines is 1. The first-order valence-corrected chi connectivity index (χ1v) is 6.76. The Hall–Kier alpha value is -0.870. The molecular formula is C13H17BrN2O. The lowest BCUT2D eigenvalue weighted by atomic mass is 10.0. The number of halogens is 1. The van der Waals surface area contributed by atoms with Crippen LogP contribution in [0.1, 0.15) is 24.8 Å². The lowest BCUT2D eigenvalue weighted by molar-refractivity contribution is -0.118. The average Bonchev–Trinajstić information content (AvgIpc) is 2.35. The van der Waals surface area contributed by atoms with Crippen molar-refractivity contribution < 1.29 is 4.79 Å². The largest absolute Gasteiger partial charge is 0.325 e. The molecule has 92 valence electrons. The number of aryl methyl sites for hydroxylation is 1. The van der Waals surface area contributed by atoms with Gasteiger partial charge in [0.1, 0.15) is 0 Å². The van der Waals surface area contributed by atoms with Crippen molar-refractivity contribution in [1.29, 1.82) is 0 Å². The molecule has 1 aliphatic rings. The number of rotatable bonds is 2. The van der Waals surface area contributed by atoms with E-state index in [1.807, 2.05) is 25.1 Å². The highest BCUT2D eigenvalue weighted by Gasteiger charge is 2.20. The molecule has 1 saturated heterocycles. The first-order valence-electron chi connectivity index (χ1n) is 5.97. The van der Waals surface area contributed by atoms with Gasteiger partial charge in [-0.05, 0) is 44.0 Å². The second-order valence-electron chi connectivity index (χ2n) is 4.46. The van der Waals surface area contributed by atoms with Gasteiger partial charge in [0.2, 0.25) is 5.91 Å². The quantitative estimate of drug-likeness (QED) is 0.881. The number of carbonyl (C=O) groups is 1. The van der Waals surface area contributed by atoms with E-state index < -0.39 is 0 Å². The maximum Gasteiger partial charge on any atom is 0.241 e. The molecule has 3 nitrogen and oxygen atoms in total. The van der Waals surface area contributed by atoms with Crippen LogP contribution >= 0.6 is 15.9 Å². The minimum Gasteiger partial charge on any atom is -0.325 e. The van der Waals surface area contributed by atoms with Gasteiger partial charge < -0.3 is 10.6 Å². The third-order valence-electron chi connectivity index (χ3n) is 3.07. The molecule has 0 aliphatic carbocycles. The Balaban J connectivity index is 1.99. The summed E-state index contributed by atoms with van der Waals surface area (Å²) >= 11 is 3.47. The zero-order valence-corrected chi connectivity index (χ0v) is 11.5. The van der Waals surface area contributed by atoms with Crippen molar-refractivity contribution in [1.82, 2.24) is 5.32 Å². The molecule has 1 aliphatic heterocycles. The van der Waals surface area contributed by atoms with Gasteiger partial charge in [0.05, 0.1) is 6.04 Å². The lowest BCUT2D eigenvalue weighted by Gasteiger charge is -2.22. The predicted octanol–water partition coefficient (Wildman–Crippen LogP) is 2.84. The Morgan fingerprint density at radius 3 is 2.94 bits per heavy atom. The van der Waals surface area contributed by atoms with Gasteiger partial charge in [0.15, 0.2) is 0 Å². The third-order valence-corrected chi connectivity index (χ3v) is 3.92. The first-order chi connectivity index (χ1) is 8.16. The van der Waals surface area contributed by atoms with Crippen LogP contribution in [0.25, 0.3) is 0 Å². The molecule has 1 aromatic rings. The molecule has 0 aromatic heterocycles. The lowest BCUT2D eigenvalue weighted by Crippen LogP contribution is -2.43. The van der Waals surface area contributed by atoms with Crippen LogP contribution in [0.4, 0.5) is 5.69 Å². The van der Waals surface area contributed by atoms with E-state index in [2.05, 4.69) is 26.6 Å². The van der Waals surface area contributed by atoms with E-state index in [1.54, 1.807) is 0 Å². The van der Waals surface area contributed by atoms with Gasteiger partial charge in [-0.3, -0.25) is 4.79 Å². The molecule has 0 saturated carbocycles. The topological polar surface area (TPSA) is 41.1 Å². The van der Waals surface area contributed by atoms with Crippen molar-refractivity contribution in [2.24, 2.45) is 0 Å². The van der Waals surface area contributed by atoms with Crippen molar-refractivity contribution in [2.75, 3.05) is 11.9 Å². The fourth-order valence-corrected chi connectivity index (χ4v) is 2.35. The Kier molecular flexibility index (Phi) is 4.18. The number of carbonyl (C=O) groups excluding carboxylic acids is 1. The maximum absolute atomic E-state index is 12.0. The highest BCUT2D eigenvalue weighted by Crippen LogP contribution is 2.21. The Labute approximate surface area is 110 Å². The van der Waals surface area contributed by atoms with E-state index in [4.69, 9.17) is 0 Å². The van der Waals surface area contributed by atoms with Crippen LogP contribution in [0, 0.1) is 6.92 Å². The van der Waals surface area contributed by atoms with Gasteiger partial charge in [-0.15, -0.1) is 0 Å². The summed E-state index contributed by atoms with van der Waals surface area (Å²) in [6.45, 7) is 2.97. The van der Waals surface area contributed by atoms with Gasteiger partial charge in [-0.25, -0.2) is 0 Å². The van der Waals surface area contributed by atoms with Gasteiger partial charge in [-0.1, -0.05) is 28.4 Å². The molecule has 4 heteroatoms. The predicted molar refractivity (Wildman–Crippen MR) is 73.2 cm³/mol. The van der Waals surface area contributed by atoms with E-state index >= 15 is 0 Å². The average molecular weight is 297 g/mol. The molecule has 0 radical (unpaired) electrons. The summed E-state index contributed by atoms with van der Waals surface area (Å²) in [5.74, 6) is 0.0699. The SMILES string of the molecule is Cc1ccc(NC(=O)[C@@H]2CCCCN2)cc1Br. The molecule has 1 amide bonds. The number of amides is 1. The Morgan fingerprint density at radius 2 is 2.29 bits per heavy atom. The molecule has 1 heterocycles. The van der Waals surface area contributed by atoms with Crippen molar-refractivity contribution in [3.8, 4) is 0 Å². The molecule has 17 heavy (non-hydrogen) atoms. The fourth-order valence-electron chi connectivity index (χ4n) is 1.98. The van der Waals surface area contributed by atoms with Crippen molar-refractivity contribution in [3.05, 3.63) is 28.2 Å². The molecule has 0 unspecified atom stereocenters. The van der Waals surface area contributed by atoms with E-state index in [-0.39, 0.29) is 11.9 Å². The summed E-state index contributed by atoms with van der Waals surface area (Å²) in [4.78, 5) is 12.0. The van der Waals surface area contributed by atoms with Crippen LogP contribution in [0.5, 0.6) is 0 Å². The Bertz CT molecular complexity index is 414. The summed E-state index contributed by atoms with van der Waals surface area (Å²) in [5.41, 5.74) is 2.01. The van der Waals surface area contributed by atoms with Crippen LogP contribution in [0.15, 0.2) is 22.7 Å². The summed E-state index contributed by atoms with van der Waals surface area (Å²) in [6.07, 6.45) is 3.22.